The van der Waals surface area contributed by atoms with Crippen LogP contribution < -0.4 is 10.1 Å². The summed E-state index contributed by atoms with van der Waals surface area (Å²) in [5, 5.41) is 2.89. The van der Waals surface area contributed by atoms with Gasteiger partial charge in [0.25, 0.3) is 0 Å². The molecule has 1 heterocycles. The minimum atomic E-state index is -1.04. The van der Waals surface area contributed by atoms with Crippen molar-refractivity contribution >= 4 is 11.8 Å². The van der Waals surface area contributed by atoms with Crippen LogP contribution in [0.4, 0.5) is 0 Å². The summed E-state index contributed by atoms with van der Waals surface area (Å²) in [6.07, 6.45) is 4.37. The van der Waals surface area contributed by atoms with Gasteiger partial charge in [0, 0.05) is 19.6 Å². The maximum absolute atomic E-state index is 12.8. The SMILES string of the molecule is COc1ccc(CNC(=O)C(C)(C)C(=O)N2CCCCCC2)cc1. The average molecular weight is 332 g/mol. The molecule has 1 aliphatic heterocycles. The predicted octanol–water partition coefficient (Wildman–Crippen LogP) is 2.74. The smallest absolute Gasteiger partial charge is 0.237 e. The van der Waals surface area contributed by atoms with E-state index in [9.17, 15) is 9.59 Å². The van der Waals surface area contributed by atoms with Gasteiger partial charge in [0.05, 0.1) is 7.11 Å². The fourth-order valence-electron chi connectivity index (χ4n) is 2.91. The number of nitrogens with one attached hydrogen (secondary N) is 1. The lowest BCUT2D eigenvalue weighted by atomic mass is 9.90. The van der Waals surface area contributed by atoms with E-state index in [1.807, 2.05) is 29.2 Å². The van der Waals surface area contributed by atoms with Crippen LogP contribution in [0.1, 0.15) is 45.1 Å². The largest absolute Gasteiger partial charge is 0.497 e. The Morgan fingerprint density at radius 3 is 2.21 bits per heavy atom. The zero-order valence-corrected chi connectivity index (χ0v) is 14.9. The standard InChI is InChI=1S/C19H28N2O3/c1-19(2,18(23)21-12-6-4-5-7-13-21)17(22)20-14-15-8-10-16(24-3)11-9-15/h8-11H,4-7,12-14H2,1-3H3,(H,20,22). The van der Waals surface area contributed by atoms with Crippen molar-refractivity contribution in [1.82, 2.24) is 10.2 Å². The van der Waals surface area contributed by atoms with Crippen LogP contribution in [-0.4, -0.2) is 36.9 Å². The molecular weight excluding hydrogens is 304 g/mol. The molecule has 5 heteroatoms. The molecule has 0 unspecified atom stereocenters. The summed E-state index contributed by atoms with van der Waals surface area (Å²) in [4.78, 5) is 27.2. The van der Waals surface area contributed by atoms with Crippen LogP contribution in [0.25, 0.3) is 0 Å². The van der Waals surface area contributed by atoms with Crippen molar-refractivity contribution in [2.45, 2.75) is 46.1 Å². The van der Waals surface area contributed by atoms with Gasteiger partial charge in [-0.25, -0.2) is 0 Å². The summed E-state index contributed by atoms with van der Waals surface area (Å²) in [6.45, 7) is 5.34. The molecule has 1 aromatic rings. The van der Waals surface area contributed by atoms with Gasteiger partial charge < -0.3 is 15.0 Å². The van der Waals surface area contributed by atoms with Crippen LogP contribution in [0, 0.1) is 5.41 Å². The molecule has 1 aromatic carbocycles. The second-order valence-corrected chi connectivity index (χ2v) is 6.86. The van der Waals surface area contributed by atoms with Crippen molar-refractivity contribution in [2.75, 3.05) is 20.2 Å². The highest BCUT2D eigenvalue weighted by molar-refractivity contribution is 6.04. The Labute approximate surface area is 144 Å². The number of amides is 2. The topological polar surface area (TPSA) is 58.6 Å². The third kappa shape index (κ3) is 4.49. The number of rotatable bonds is 5. The van der Waals surface area contributed by atoms with Crippen LogP contribution >= 0.6 is 0 Å². The molecule has 0 saturated carbocycles. The lowest BCUT2D eigenvalue weighted by Crippen LogP contribution is -2.49. The summed E-state index contributed by atoms with van der Waals surface area (Å²) in [6, 6.07) is 7.52. The van der Waals surface area contributed by atoms with Crippen LogP contribution in [0.15, 0.2) is 24.3 Å². The third-order valence-corrected chi connectivity index (χ3v) is 4.61. The van der Waals surface area contributed by atoms with E-state index in [0.717, 1.165) is 50.1 Å². The first-order chi connectivity index (χ1) is 11.4. The van der Waals surface area contributed by atoms with Gasteiger partial charge >= 0.3 is 0 Å². The molecule has 1 N–H and O–H groups in total. The van der Waals surface area contributed by atoms with Crippen molar-refractivity contribution in [2.24, 2.45) is 5.41 Å². The maximum Gasteiger partial charge on any atom is 0.237 e. The minimum Gasteiger partial charge on any atom is -0.497 e. The number of carbonyl (C=O) groups excluding carboxylic acids is 2. The lowest BCUT2D eigenvalue weighted by Gasteiger charge is -2.30. The van der Waals surface area contributed by atoms with Gasteiger partial charge in [0.1, 0.15) is 11.2 Å². The van der Waals surface area contributed by atoms with E-state index in [2.05, 4.69) is 5.32 Å². The van der Waals surface area contributed by atoms with E-state index in [-0.39, 0.29) is 11.8 Å². The van der Waals surface area contributed by atoms with Crippen molar-refractivity contribution in [3.8, 4) is 5.75 Å². The molecule has 0 aromatic heterocycles. The quantitative estimate of drug-likeness (QED) is 0.844. The summed E-state index contributed by atoms with van der Waals surface area (Å²) >= 11 is 0. The molecule has 1 aliphatic rings. The van der Waals surface area contributed by atoms with Crippen LogP contribution in [0.5, 0.6) is 5.75 Å². The summed E-state index contributed by atoms with van der Waals surface area (Å²) in [7, 11) is 1.62. The van der Waals surface area contributed by atoms with E-state index >= 15 is 0 Å². The molecule has 0 atom stereocenters. The molecule has 2 amide bonds. The number of ether oxygens (including phenoxy) is 1. The maximum atomic E-state index is 12.8. The average Bonchev–Trinajstić information content (AvgIpc) is 2.88. The predicted molar refractivity (Wildman–Crippen MR) is 93.7 cm³/mol. The number of likely N-dealkylation sites (tertiary alicyclic amines) is 1. The molecule has 2 rings (SSSR count). The van der Waals surface area contributed by atoms with Gasteiger partial charge in [-0.15, -0.1) is 0 Å². The third-order valence-electron chi connectivity index (χ3n) is 4.61. The Hall–Kier alpha value is -2.04. The summed E-state index contributed by atoms with van der Waals surface area (Å²) in [5.41, 5.74) is -0.0706. The molecule has 0 bridgehead atoms. The van der Waals surface area contributed by atoms with Crippen molar-refractivity contribution < 1.29 is 14.3 Å². The normalized spacial score (nSPS) is 15.5. The Kier molecular flexibility index (Phi) is 6.23. The molecule has 132 valence electrons. The van der Waals surface area contributed by atoms with Gasteiger partial charge in [-0.05, 0) is 44.4 Å². The number of benzene rings is 1. The first-order valence-electron chi connectivity index (χ1n) is 8.66. The van der Waals surface area contributed by atoms with Gasteiger partial charge in [-0.2, -0.15) is 0 Å². The molecule has 0 radical (unpaired) electrons. The Balaban J connectivity index is 1.94. The fourth-order valence-corrected chi connectivity index (χ4v) is 2.91. The van der Waals surface area contributed by atoms with E-state index in [1.165, 1.54) is 0 Å². The first-order valence-corrected chi connectivity index (χ1v) is 8.66. The van der Waals surface area contributed by atoms with Gasteiger partial charge in [0.2, 0.25) is 11.8 Å². The highest BCUT2D eigenvalue weighted by atomic mass is 16.5. The fraction of sp³-hybridized carbons (Fsp3) is 0.579. The number of methoxy groups -OCH3 is 1. The highest BCUT2D eigenvalue weighted by Gasteiger charge is 2.39. The molecule has 1 fully saturated rings. The Morgan fingerprint density at radius 2 is 1.67 bits per heavy atom. The zero-order chi connectivity index (χ0) is 17.6. The molecule has 5 nitrogen and oxygen atoms in total. The van der Waals surface area contributed by atoms with Gasteiger partial charge in [-0.3, -0.25) is 9.59 Å². The second kappa shape index (κ2) is 8.18. The molecule has 24 heavy (non-hydrogen) atoms. The van der Waals surface area contributed by atoms with Crippen LogP contribution in [-0.2, 0) is 16.1 Å². The van der Waals surface area contributed by atoms with Gasteiger partial charge in [0.15, 0.2) is 0 Å². The van der Waals surface area contributed by atoms with E-state index < -0.39 is 5.41 Å². The Bertz CT molecular complexity index is 558. The number of hydrogen-bond acceptors (Lipinski definition) is 3. The number of nitrogens with zero attached hydrogens (tertiary/aromatic N) is 1. The van der Waals surface area contributed by atoms with Crippen LogP contribution in [0.2, 0.25) is 0 Å². The van der Waals surface area contributed by atoms with E-state index in [1.54, 1.807) is 21.0 Å². The molecule has 1 saturated heterocycles. The first kappa shape index (κ1) is 18.3. The van der Waals surface area contributed by atoms with Crippen molar-refractivity contribution in [3.05, 3.63) is 29.8 Å². The molecule has 0 aliphatic carbocycles. The summed E-state index contributed by atoms with van der Waals surface area (Å²) < 4.78 is 5.12. The number of hydrogen-bond donors (Lipinski definition) is 1. The van der Waals surface area contributed by atoms with Gasteiger partial charge in [-0.1, -0.05) is 25.0 Å². The lowest BCUT2D eigenvalue weighted by molar-refractivity contribution is -0.148. The zero-order valence-electron chi connectivity index (χ0n) is 14.9. The second-order valence-electron chi connectivity index (χ2n) is 6.86. The highest BCUT2D eigenvalue weighted by Crippen LogP contribution is 2.22. The van der Waals surface area contributed by atoms with E-state index in [0.29, 0.717) is 6.54 Å². The number of carbonyl (C=O) groups is 2. The van der Waals surface area contributed by atoms with Crippen LogP contribution in [0.3, 0.4) is 0 Å². The van der Waals surface area contributed by atoms with Crippen molar-refractivity contribution in [3.63, 3.8) is 0 Å². The summed E-state index contributed by atoms with van der Waals surface area (Å²) in [5.74, 6) is 0.478. The monoisotopic (exact) mass is 332 g/mol. The Morgan fingerprint density at radius 1 is 1.08 bits per heavy atom. The minimum absolute atomic E-state index is 0.0726. The van der Waals surface area contributed by atoms with Crippen molar-refractivity contribution in [1.29, 1.82) is 0 Å². The molecular formula is C19H28N2O3. The molecule has 0 spiro atoms. The van der Waals surface area contributed by atoms with E-state index in [4.69, 9.17) is 4.74 Å².